The van der Waals surface area contributed by atoms with Gasteiger partial charge in [0.2, 0.25) is 0 Å². The van der Waals surface area contributed by atoms with Crippen molar-refractivity contribution in [2.24, 2.45) is 4.99 Å². The van der Waals surface area contributed by atoms with Gasteiger partial charge in [-0.05, 0) is 36.5 Å². The van der Waals surface area contributed by atoms with Crippen molar-refractivity contribution < 1.29 is 41.8 Å². The van der Waals surface area contributed by atoms with E-state index < -0.39 is 41.3 Å². The molecule has 2 aromatic carbocycles. The number of hydrogen-bond donors (Lipinski definition) is 2. The number of urea groups is 1. The first-order valence-electron chi connectivity index (χ1n) is 10.9. The second kappa shape index (κ2) is 12.7. The van der Waals surface area contributed by atoms with Gasteiger partial charge in [0.15, 0.2) is 6.61 Å². The molecular weight excluding hydrogens is 545 g/mol. The third kappa shape index (κ3) is 8.17. The summed E-state index contributed by atoms with van der Waals surface area (Å²) >= 11 is 5.73. The fourth-order valence-electron chi connectivity index (χ4n) is 3.02. The fourth-order valence-corrected chi connectivity index (χ4v) is 3.28. The number of ether oxygens (including phenoxy) is 3. The van der Waals surface area contributed by atoms with Crippen molar-refractivity contribution in [3.05, 3.63) is 76.6 Å². The molecule has 14 heteroatoms. The van der Waals surface area contributed by atoms with E-state index in [2.05, 4.69) is 32.1 Å². The maximum Gasteiger partial charge on any atom is 0.417 e. The van der Waals surface area contributed by atoms with Crippen molar-refractivity contribution in [3.8, 4) is 17.2 Å². The molecule has 0 aliphatic rings. The number of esters is 1. The van der Waals surface area contributed by atoms with Crippen LogP contribution in [0.15, 0.2) is 59.7 Å². The summed E-state index contributed by atoms with van der Waals surface area (Å²) < 4.78 is 55.2. The second-order valence-corrected chi connectivity index (χ2v) is 7.99. The smallest absolute Gasteiger partial charge is 0.417 e. The van der Waals surface area contributed by atoms with Crippen molar-refractivity contribution >= 4 is 41.9 Å². The first-order valence-corrected chi connectivity index (χ1v) is 11.3. The number of carbonyl (C=O) groups excluding carboxylic acids is 3. The van der Waals surface area contributed by atoms with Crippen molar-refractivity contribution in [2.75, 3.05) is 19.0 Å². The standard InChI is InChI=1S/C25H20ClF3N4O6/c1-30-23(35)20-9-16(7-8-31-20)39-15-5-3-14(4-6-15)12-32-24(36)33-19-10-17(25(27,28)29)18(26)11-21(19)38-13-22(34)37-2/h3-11H,1,12-13H2,2H3,(H2,32,33,36). The lowest BCUT2D eigenvalue weighted by Crippen LogP contribution is -2.28. The van der Waals surface area contributed by atoms with E-state index in [0.717, 1.165) is 13.2 Å². The average molecular weight is 565 g/mol. The van der Waals surface area contributed by atoms with Gasteiger partial charge in [-0.1, -0.05) is 23.7 Å². The predicted molar refractivity (Wildman–Crippen MR) is 134 cm³/mol. The Balaban J connectivity index is 1.65. The number of carbonyl (C=O) groups is 3. The van der Waals surface area contributed by atoms with Crippen LogP contribution in [0.3, 0.4) is 0 Å². The number of anilines is 1. The Morgan fingerprint density at radius 1 is 1.08 bits per heavy atom. The van der Waals surface area contributed by atoms with Gasteiger partial charge in [0.25, 0.3) is 5.91 Å². The van der Waals surface area contributed by atoms with Crippen LogP contribution < -0.4 is 20.1 Å². The molecule has 10 nitrogen and oxygen atoms in total. The number of nitrogens with zero attached hydrogens (tertiary/aromatic N) is 2. The van der Waals surface area contributed by atoms with Crippen LogP contribution in [0.4, 0.5) is 23.7 Å². The molecule has 2 N–H and O–H groups in total. The molecule has 3 amide bonds. The van der Waals surface area contributed by atoms with Gasteiger partial charge >= 0.3 is 18.2 Å². The third-order valence-corrected chi connectivity index (χ3v) is 5.22. The lowest BCUT2D eigenvalue weighted by atomic mass is 10.1. The van der Waals surface area contributed by atoms with E-state index in [9.17, 15) is 27.6 Å². The molecule has 3 aromatic rings. The zero-order valence-corrected chi connectivity index (χ0v) is 20.9. The zero-order valence-electron chi connectivity index (χ0n) is 20.2. The van der Waals surface area contributed by atoms with Crippen LogP contribution in [0.1, 0.15) is 21.6 Å². The molecule has 0 bridgehead atoms. The summed E-state index contributed by atoms with van der Waals surface area (Å²) in [4.78, 5) is 42.6. The number of rotatable bonds is 9. The van der Waals surface area contributed by atoms with Gasteiger partial charge < -0.3 is 24.8 Å². The van der Waals surface area contributed by atoms with E-state index in [4.69, 9.17) is 21.1 Å². The third-order valence-electron chi connectivity index (χ3n) is 4.90. The van der Waals surface area contributed by atoms with Crippen LogP contribution in [0.25, 0.3) is 0 Å². The molecule has 0 aliphatic heterocycles. The van der Waals surface area contributed by atoms with E-state index in [0.29, 0.717) is 23.1 Å². The number of pyridine rings is 1. The summed E-state index contributed by atoms with van der Waals surface area (Å²) in [6.45, 7) is 2.55. The SMILES string of the molecule is C=NC(=O)c1cc(Oc2ccc(CNC(=O)Nc3cc(C(F)(F)F)c(Cl)cc3OCC(=O)OC)cc2)ccn1. The van der Waals surface area contributed by atoms with E-state index in [1.54, 1.807) is 30.3 Å². The quantitative estimate of drug-likeness (QED) is 0.268. The fraction of sp³-hybridized carbons (Fsp3) is 0.160. The summed E-state index contributed by atoms with van der Waals surface area (Å²) in [6, 6.07) is 10.0. The molecule has 1 heterocycles. The Labute approximate surface area is 224 Å². The first-order chi connectivity index (χ1) is 18.5. The van der Waals surface area contributed by atoms with Gasteiger partial charge in [0.1, 0.15) is 22.9 Å². The van der Waals surface area contributed by atoms with Crippen LogP contribution in [0.2, 0.25) is 5.02 Å². The maximum absolute atomic E-state index is 13.3. The number of amides is 3. The van der Waals surface area contributed by atoms with Crippen LogP contribution in [0.5, 0.6) is 17.2 Å². The number of methoxy groups -OCH3 is 1. The number of halogens is 4. The lowest BCUT2D eigenvalue weighted by Gasteiger charge is -2.17. The summed E-state index contributed by atoms with van der Waals surface area (Å²) in [6.07, 6.45) is -3.42. The topological polar surface area (TPSA) is 128 Å². The minimum Gasteiger partial charge on any atom is -0.480 e. The predicted octanol–water partition coefficient (Wildman–Crippen LogP) is 5.26. The van der Waals surface area contributed by atoms with Crippen LogP contribution in [-0.4, -0.2) is 43.3 Å². The van der Waals surface area contributed by atoms with Crippen molar-refractivity contribution in [1.82, 2.24) is 10.3 Å². The molecule has 0 saturated carbocycles. The molecule has 39 heavy (non-hydrogen) atoms. The number of benzene rings is 2. The van der Waals surface area contributed by atoms with Crippen LogP contribution >= 0.6 is 11.6 Å². The molecule has 0 atom stereocenters. The summed E-state index contributed by atoms with van der Waals surface area (Å²) in [7, 11) is 1.11. The molecule has 3 rings (SSSR count). The molecule has 0 unspecified atom stereocenters. The van der Waals surface area contributed by atoms with Gasteiger partial charge in [0.05, 0.1) is 23.4 Å². The molecule has 0 radical (unpaired) electrons. The lowest BCUT2D eigenvalue weighted by molar-refractivity contribution is -0.143. The number of hydrogen-bond acceptors (Lipinski definition) is 7. The molecule has 0 fully saturated rings. The van der Waals surface area contributed by atoms with Gasteiger partial charge in [-0.3, -0.25) is 9.78 Å². The van der Waals surface area contributed by atoms with E-state index >= 15 is 0 Å². The Morgan fingerprint density at radius 2 is 1.79 bits per heavy atom. The maximum atomic E-state index is 13.3. The molecule has 0 spiro atoms. The number of aromatic nitrogens is 1. The summed E-state index contributed by atoms with van der Waals surface area (Å²) in [5, 5.41) is 4.10. The first kappa shape index (κ1) is 28.9. The average Bonchev–Trinajstić information content (AvgIpc) is 2.91. The number of alkyl halides is 3. The van der Waals surface area contributed by atoms with Crippen LogP contribution in [0, 0.1) is 0 Å². The van der Waals surface area contributed by atoms with Gasteiger partial charge in [-0.2, -0.15) is 13.2 Å². The highest BCUT2D eigenvalue weighted by molar-refractivity contribution is 6.31. The normalized spacial score (nSPS) is 10.8. The highest BCUT2D eigenvalue weighted by Gasteiger charge is 2.34. The van der Waals surface area contributed by atoms with Crippen molar-refractivity contribution in [3.63, 3.8) is 0 Å². The minimum absolute atomic E-state index is 0.00307. The van der Waals surface area contributed by atoms with Crippen molar-refractivity contribution in [1.29, 1.82) is 0 Å². The Kier molecular flexibility index (Phi) is 9.44. The highest BCUT2D eigenvalue weighted by Crippen LogP contribution is 2.40. The largest absolute Gasteiger partial charge is 0.480 e. The zero-order chi connectivity index (χ0) is 28.6. The molecule has 0 aliphatic carbocycles. The second-order valence-electron chi connectivity index (χ2n) is 7.58. The molecular formula is C25H20ClF3N4O6. The van der Waals surface area contributed by atoms with Crippen molar-refractivity contribution in [2.45, 2.75) is 12.7 Å². The summed E-state index contributed by atoms with van der Waals surface area (Å²) in [5.41, 5.74) is -0.866. The Morgan fingerprint density at radius 3 is 2.44 bits per heavy atom. The highest BCUT2D eigenvalue weighted by atomic mass is 35.5. The van der Waals surface area contributed by atoms with Gasteiger partial charge in [-0.25, -0.2) is 14.6 Å². The number of aliphatic imine (C=N–C) groups is 1. The molecule has 204 valence electrons. The Hall–Kier alpha value is -4.65. The van der Waals surface area contributed by atoms with E-state index in [1.165, 1.54) is 12.3 Å². The monoisotopic (exact) mass is 564 g/mol. The van der Waals surface area contributed by atoms with Crippen LogP contribution in [-0.2, 0) is 22.3 Å². The van der Waals surface area contributed by atoms with E-state index in [-0.39, 0.29) is 23.7 Å². The Bertz CT molecular complexity index is 1380. The van der Waals surface area contributed by atoms with Gasteiger partial charge in [-0.15, -0.1) is 0 Å². The summed E-state index contributed by atoms with van der Waals surface area (Å²) in [5.74, 6) is -0.892. The van der Waals surface area contributed by atoms with E-state index in [1.807, 2.05) is 0 Å². The molecule has 1 aromatic heterocycles. The number of nitrogens with one attached hydrogen (secondary N) is 2. The van der Waals surface area contributed by atoms with Gasteiger partial charge in [0, 0.05) is 24.9 Å². The molecule has 0 saturated heterocycles. The minimum atomic E-state index is -4.80.